The fourth-order valence-electron chi connectivity index (χ4n) is 1.29. The molecule has 0 radical (unpaired) electrons. The molecule has 0 aromatic carbocycles. The lowest BCUT2D eigenvalue weighted by Crippen LogP contribution is -2.02. The first-order valence-corrected chi connectivity index (χ1v) is 4.77. The van der Waals surface area contributed by atoms with Crippen LogP contribution in [0.25, 0.3) is 0 Å². The summed E-state index contributed by atoms with van der Waals surface area (Å²) in [5.74, 6) is 1.61. The van der Waals surface area contributed by atoms with Crippen molar-refractivity contribution in [1.29, 1.82) is 0 Å². The minimum absolute atomic E-state index is 0.0305. The minimum Gasteiger partial charge on any atom is -0.388 e. The van der Waals surface area contributed by atoms with Crippen molar-refractivity contribution in [3.63, 3.8) is 0 Å². The predicted octanol–water partition coefficient (Wildman–Crippen LogP) is 1.04. The number of hydrogen-bond acceptors (Lipinski definition) is 3. The molecule has 1 aromatic heterocycles. The number of hydrogen-bond donors (Lipinski definition) is 1. The van der Waals surface area contributed by atoms with E-state index in [0.29, 0.717) is 5.82 Å². The van der Waals surface area contributed by atoms with E-state index < -0.39 is 0 Å². The van der Waals surface area contributed by atoms with Crippen molar-refractivity contribution in [2.45, 2.75) is 39.2 Å². The van der Waals surface area contributed by atoms with Crippen molar-refractivity contribution >= 4 is 0 Å². The molecule has 0 atom stereocenters. The fourth-order valence-corrected chi connectivity index (χ4v) is 1.29. The molecule has 1 aromatic rings. The average Bonchev–Trinajstić information content (AvgIpc) is 2.48. The second kappa shape index (κ2) is 4.97. The third-order valence-electron chi connectivity index (χ3n) is 2.20. The summed E-state index contributed by atoms with van der Waals surface area (Å²) in [7, 11) is 1.90. The highest BCUT2D eigenvalue weighted by molar-refractivity contribution is 4.93. The third kappa shape index (κ3) is 2.52. The van der Waals surface area contributed by atoms with E-state index >= 15 is 0 Å². The molecule has 0 fully saturated rings. The topological polar surface area (TPSA) is 50.9 Å². The Bertz CT molecular complexity index is 257. The van der Waals surface area contributed by atoms with Gasteiger partial charge in [-0.25, -0.2) is 0 Å². The summed E-state index contributed by atoms with van der Waals surface area (Å²) in [6, 6.07) is 0. The van der Waals surface area contributed by atoms with E-state index in [9.17, 15) is 0 Å². The van der Waals surface area contributed by atoms with Gasteiger partial charge in [-0.15, -0.1) is 10.2 Å². The second-order valence-electron chi connectivity index (χ2n) is 3.21. The van der Waals surface area contributed by atoms with Gasteiger partial charge in [-0.2, -0.15) is 0 Å². The van der Waals surface area contributed by atoms with Crippen LogP contribution in [0.2, 0.25) is 0 Å². The minimum atomic E-state index is -0.0305. The number of aliphatic hydroxyl groups excluding tert-OH is 1. The zero-order valence-electron chi connectivity index (χ0n) is 8.32. The number of unbranched alkanes of at least 4 members (excludes halogenated alkanes) is 2. The normalized spacial score (nSPS) is 10.7. The number of nitrogens with zero attached hydrogens (tertiary/aromatic N) is 3. The van der Waals surface area contributed by atoms with E-state index in [2.05, 4.69) is 17.1 Å². The number of aryl methyl sites for hydroxylation is 1. The lowest BCUT2D eigenvalue weighted by molar-refractivity contribution is 0.266. The SMILES string of the molecule is CCCCCc1nnc(CO)n1C. The van der Waals surface area contributed by atoms with Crippen LogP contribution in [0.1, 0.15) is 37.8 Å². The maximum atomic E-state index is 8.88. The van der Waals surface area contributed by atoms with Crippen LogP contribution >= 0.6 is 0 Å². The summed E-state index contributed by atoms with van der Waals surface area (Å²) in [5, 5.41) is 16.8. The Morgan fingerprint density at radius 1 is 1.23 bits per heavy atom. The first-order chi connectivity index (χ1) is 6.29. The molecule has 4 nitrogen and oxygen atoms in total. The van der Waals surface area contributed by atoms with Crippen LogP contribution in [-0.4, -0.2) is 19.9 Å². The van der Waals surface area contributed by atoms with E-state index in [4.69, 9.17) is 5.11 Å². The summed E-state index contributed by atoms with van der Waals surface area (Å²) in [6.07, 6.45) is 4.54. The predicted molar refractivity (Wildman–Crippen MR) is 50.2 cm³/mol. The molecule has 0 aliphatic rings. The summed E-state index contributed by atoms with van der Waals surface area (Å²) in [4.78, 5) is 0. The van der Waals surface area contributed by atoms with E-state index in [-0.39, 0.29) is 6.61 Å². The van der Waals surface area contributed by atoms with Gasteiger partial charge in [0, 0.05) is 13.5 Å². The van der Waals surface area contributed by atoms with Crippen LogP contribution < -0.4 is 0 Å². The van der Waals surface area contributed by atoms with E-state index in [0.717, 1.165) is 18.7 Å². The van der Waals surface area contributed by atoms with Gasteiger partial charge in [-0.1, -0.05) is 19.8 Å². The Kier molecular flexibility index (Phi) is 3.89. The molecule has 0 bridgehead atoms. The van der Waals surface area contributed by atoms with Gasteiger partial charge in [-0.05, 0) is 6.42 Å². The molecular weight excluding hydrogens is 166 g/mol. The van der Waals surface area contributed by atoms with Gasteiger partial charge in [0.15, 0.2) is 5.82 Å². The lowest BCUT2D eigenvalue weighted by Gasteiger charge is -2.00. The molecule has 0 saturated heterocycles. The largest absolute Gasteiger partial charge is 0.388 e. The first-order valence-electron chi connectivity index (χ1n) is 4.77. The zero-order chi connectivity index (χ0) is 9.68. The van der Waals surface area contributed by atoms with E-state index in [1.165, 1.54) is 12.8 Å². The Morgan fingerprint density at radius 3 is 2.46 bits per heavy atom. The van der Waals surface area contributed by atoms with Gasteiger partial charge >= 0.3 is 0 Å². The highest BCUT2D eigenvalue weighted by atomic mass is 16.3. The molecule has 0 aliphatic carbocycles. The second-order valence-corrected chi connectivity index (χ2v) is 3.21. The molecule has 4 heteroatoms. The molecule has 1 rings (SSSR count). The summed E-state index contributed by atoms with van der Waals surface area (Å²) < 4.78 is 1.87. The maximum absolute atomic E-state index is 8.88. The maximum Gasteiger partial charge on any atom is 0.158 e. The van der Waals surface area contributed by atoms with Gasteiger partial charge in [0.2, 0.25) is 0 Å². The van der Waals surface area contributed by atoms with Crippen LogP contribution in [0.5, 0.6) is 0 Å². The fraction of sp³-hybridized carbons (Fsp3) is 0.778. The lowest BCUT2D eigenvalue weighted by atomic mass is 10.2. The molecule has 0 unspecified atom stereocenters. The number of rotatable bonds is 5. The van der Waals surface area contributed by atoms with E-state index in [1.807, 2.05) is 11.6 Å². The van der Waals surface area contributed by atoms with Gasteiger partial charge in [-0.3, -0.25) is 0 Å². The smallest absolute Gasteiger partial charge is 0.158 e. The number of aromatic nitrogens is 3. The summed E-state index contributed by atoms with van der Waals surface area (Å²) in [5.41, 5.74) is 0. The molecule has 0 spiro atoms. The highest BCUT2D eigenvalue weighted by Gasteiger charge is 2.05. The summed E-state index contributed by atoms with van der Waals surface area (Å²) in [6.45, 7) is 2.15. The van der Waals surface area contributed by atoms with Crippen molar-refractivity contribution in [3.05, 3.63) is 11.6 Å². The number of aliphatic hydroxyl groups is 1. The molecule has 1 heterocycles. The van der Waals surface area contributed by atoms with Crippen LogP contribution in [0.4, 0.5) is 0 Å². The highest BCUT2D eigenvalue weighted by Crippen LogP contribution is 2.05. The van der Waals surface area contributed by atoms with Crippen LogP contribution in [0, 0.1) is 0 Å². The Labute approximate surface area is 78.6 Å². The monoisotopic (exact) mass is 183 g/mol. The van der Waals surface area contributed by atoms with Gasteiger partial charge < -0.3 is 9.67 Å². The van der Waals surface area contributed by atoms with E-state index in [1.54, 1.807) is 0 Å². The molecule has 0 aliphatic heterocycles. The zero-order valence-corrected chi connectivity index (χ0v) is 8.32. The Balaban J connectivity index is 2.51. The van der Waals surface area contributed by atoms with Crippen LogP contribution in [-0.2, 0) is 20.1 Å². The van der Waals surface area contributed by atoms with Gasteiger partial charge in [0.1, 0.15) is 12.4 Å². The average molecular weight is 183 g/mol. The summed E-state index contributed by atoms with van der Waals surface area (Å²) >= 11 is 0. The quantitative estimate of drug-likeness (QED) is 0.694. The molecular formula is C9H17N3O. The van der Waals surface area contributed by atoms with Crippen molar-refractivity contribution in [2.24, 2.45) is 7.05 Å². The van der Waals surface area contributed by atoms with Crippen molar-refractivity contribution < 1.29 is 5.11 Å². The Hall–Kier alpha value is -0.900. The van der Waals surface area contributed by atoms with Crippen molar-refractivity contribution in [2.75, 3.05) is 0 Å². The Morgan fingerprint density at radius 2 is 1.92 bits per heavy atom. The third-order valence-corrected chi connectivity index (χ3v) is 2.20. The molecule has 1 N–H and O–H groups in total. The molecule has 74 valence electrons. The van der Waals surface area contributed by atoms with Crippen molar-refractivity contribution in [1.82, 2.24) is 14.8 Å². The molecule has 0 saturated carbocycles. The van der Waals surface area contributed by atoms with Crippen LogP contribution in [0.3, 0.4) is 0 Å². The van der Waals surface area contributed by atoms with Gasteiger partial charge in [0.25, 0.3) is 0 Å². The first kappa shape index (κ1) is 10.2. The standard InChI is InChI=1S/C9H17N3O/c1-3-4-5-6-8-10-11-9(7-13)12(8)2/h13H,3-7H2,1-2H3. The van der Waals surface area contributed by atoms with Crippen LogP contribution in [0.15, 0.2) is 0 Å². The van der Waals surface area contributed by atoms with Crippen molar-refractivity contribution in [3.8, 4) is 0 Å². The molecule has 13 heavy (non-hydrogen) atoms. The van der Waals surface area contributed by atoms with Gasteiger partial charge in [0.05, 0.1) is 0 Å². The molecule has 0 amide bonds.